The number of rotatable bonds is 5. The van der Waals surface area contributed by atoms with Crippen LogP contribution in [0.2, 0.25) is 0 Å². The molecule has 0 bridgehead atoms. The van der Waals surface area contributed by atoms with Crippen LogP contribution in [0.3, 0.4) is 0 Å². The molecule has 2 atom stereocenters. The molecule has 1 aromatic carbocycles. The second-order valence-corrected chi connectivity index (χ2v) is 6.60. The molecule has 1 saturated heterocycles. The van der Waals surface area contributed by atoms with E-state index in [9.17, 15) is 0 Å². The van der Waals surface area contributed by atoms with Gasteiger partial charge in [-0.05, 0) is 24.1 Å². The van der Waals surface area contributed by atoms with E-state index in [4.69, 9.17) is 4.74 Å². The van der Waals surface area contributed by atoms with Crippen LogP contribution in [0.15, 0.2) is 59.7 Å². The molecule has 0 radical (unpaired) electrons. The molecule has 2 N–H and O–H groups in total. The highest BCUT2D eigenvalue weighted by atomic mass is 127. The minimum absolute atomic E-state index is 0. The normalized spacial score (nSPS) is 19.4. The second kappa shape index (κ2) is 9.83. The zero-order valence-corrected chi connectivity index (χ0v) is 18.1. The maximum absolute atomic E-state index is 5.96. The van der Waals surface area contributed by atoms with E-state index in [1.807, 2.05) is 34.9 Å². The number of hydrogen-bond donors (Lipinski definition) is 2. The van der Waals surface area contributed by atoms with Gasteiger partial charge in [-0.25, -0.2) is 0 Å². The molecule has 8 heteroatoms. The summed E-state index contributed by atoms with van der Waals surface area (Å²) >= 11 is 0. The highest BCUT2D eigenvalue weighted by molar-refractivity contribution is 14.0. The van der Waals surface area contributed by atoms with Gasteiger partial charge in [-0.2, -0.15) is 0 Å². The maximum Gasteiger partial charge on any atom is 0.191 e. The average Bonchev–Trinajstić information content (AvgIpc) is 3.36. The monoisotopic (exact) mass is 492 g/mol. The number of guanidine groups is 1. The number of halogens is 1. The summed E-state index contributed by atoms with van der Waals surface area (Å²) in [4.78, 5) is 4.32. The summed E-state index contributed by atoms with van der Waals surface area (Å²) in [7, 11) is 1.77. The van der Waals surface area contributed by atoms with Crippen LogP contribution in [0, 0.1) is 5.92 Å². The second-order valence-electron chi connectivity index (χ2n) is 6.60. The Morgan fingerprint density at radius 2 is 1.96 bits per heavy atom. The molecule has 1 aliphatic heterocycles. The lowest BCUT2D eigenvalue weighted by Crippen LogP contribution is -2.40. The quantitative estimate of drug-likeness (QED) is 0.326. The van der Waals surface area contributed by atoms with Crippen LogP contribution in [0.5, 0.6) is 0 Å². The SMILES string of the molecule is CN=C(NCc1nnc2ccccn12)NCC1CCOC1c1ccccc1.I. The Morgan fingerprint density at radius 1 is 1.14 bits per heavy atom. The predicted molar refractivity (Wildman–Crippen MR) is 120 cm³/mol. The van der Waals surface area contributed by atoms with Crippen molar-refractivity contribution in [2.45, 2.75) is 19.1 Å². The average molecular weight is 492 g/mol. The Bertz CT molecular complexity index is 913. The first-order chi connectivity index (χ1) is 13.3. The molecule has 0 spiro atoms. The molecule has 4 rings (SSSR count). The van der Waals surface area contributed by atoms with Crippen LogP contribution in [0.1, 0.15) is 23.9 Å². The van der Waals surface area contributed by atoms with Crippen molar-refractivity contribution in [2.75, 3.05) is 20.2 Å². The molecule has 1 fully saturated rings. The van der Waals surface area contributed by atoms with Gasteiger partial charge in [-0.1, -0.05) is 36.4 Å². The van der Waals surface area contributed by atoms with Crippen molar-refractivity contribution in [3.8, 4) is 0 Å². The molecule has 148 valence electrons. The number of aliphatic imine (C=N–C) groups is 1. The lowest BCUT2D eigenvalue weighted by molar-refractivity contribution is 0.0915. The summed E-state index contributed by atoms with van der Waals surface area (Å²) in [5.41, 5.74) is 2.07. The molecular weight excluding hydrogens is 467 g/mol. The van der Waals surface area contributed by atoms with Crippen LogP contribution in [-0.4, -0.2) is 40.8 Å². The molecule has 28 heavy (non-hydrogen) atoms. The minimum Gasteiger partial charge on any atom is -0.373 e. The lowest BCUT2D eigenvalue weighted by Gasteiger charge is -2.20. The molecule has 2 aromatic heterocycles. The van der Waals surface area contributed by atoms with Crippen molar-refractivity contribution < 1.29 is 4.74 Å². The third kappa shape index (κ3) is 4.61. The maximum atomic E-state index is 5.96. The fourth-order valence-electron chi connectivity index (χ4n) is 3.48. The molecule has 7 nitrogen and oxygen atoms in total. The van der Waals surface area contributed by atoms with Gasteiger partial charge in [0.1, 0.15) is 0 Å². The summed E-state index contributed by atoms with van der Waals surface area (Å²) in [5, 5.41) is 15.1. The summed E-state index contributed by atoms with van der Waals surface area (Å²) in [6.45, 7) is 2.15. The highest BCUT2D eigenvalue weighted by Crippen LogP contribution is 2.33. The van der Waals surface area contributed by atoms with Gasteiger partial charge < -0.3 is 15.4 Å². The van der Waals surface area contributed by atoms with E-state index in [-0.39, 0.29) is 30.1 Å². The fourth-order valence-corrected chi connectivity index (χ4v) is 3.48. The van der Waals surface area contributed by atoms with E-state index in [0.29, 0.717) is 12.5 Å². The van der Waals surface area contributed by atoms with Gasteiger partial charge in [0.15, 0.2) is 17.4 Å². The zero-order chi connectivity index (χ0) is 18.5. The van der Waals surface area contributed by atoms with Crippen molar-refractivity contribution in [3.63, 3.8) is 0 Å². The number of fused-ring (bicyclic) bond motifs is 1. The molecule has 1 aliphatic rings. The van der Waals surface area contributed by atoms with E-state index in [2.05, 4.69) is 50.1 Å². The number of hydrogen-bond acceptors (Lipinski definition) is 4. The predicted octanol–water partition coefficient (Wildman–Crippen LogP) is 2.79. The lowest BCUT2D eigenvalue weighted by atomic mass is 9.95. The molecule has 2 unspecified atom stereocenters. The van der Waals surface area contributed by atoms with Crippen molar-refractivity contribution in [1.29, 1.82) is 0 Å². The molecular formula is C20H25IN6O. The standard InChI is InChI=1S/C20H24N6O.HI/c1-21-20(23-14-18-25-24-17-9-5-6-11-26(17)18)22-13-16-10-12-27-19(16)15-7-3-2-4-8-15;/h2-9,11,16,19H,10,12-14H2,1H3,(H2,21,22,23);1H. The first-order valence-corrected chi connectivity index (χ1v) is 9.25. The van der Waals surface area contributed by atoms with Crippen molar-refractivity contribution >= 4 is 35.6 Å². The van der Waals surface area contributed by atoms with E-state index in [0.717, 1.165) is 37.0 Å². The number of nitrogens with zero attached hydrogens (tertiary/aromatic N) is 4. The highest BCUT2D eigenvalue weighted by Gasteiger charge is 2.29. The minimum atomic E-state index is 0. The summed E-state index contributed by atoms with van der Waals surface area (Å²) in [6, 6.07) is 16.3. The van der Waals surface area contributed by atoms with Crippen LogP contribution >= 0.6 is 24.0 Å². The first-order valence-electron chi connectivity index (χ1n) is 9.25. The number of nitrogens with one attached hydrogen (secondary N) is 2. The van der Waals surface area contributed by atoms with Crippen LogP contribution in [0.4, 0.5) is 0 Å². The van der Waals surface area contributed by atoms with Gasteiger partial charge in [0, 0.05) is 32.3 Å². The van der Waals surface area contributed by atoms with E-state index < -0.39 is 0 Å². The van der Waals surface area contributed by atoms with E-state index in [1.165, 1.54) is 5.56 Å². The molecule has 0 saturated carbocycles. The topological polar surface area (TPSA) is 75.8 Å². The number of ether oxygens (including phenoxy) is 1. The molecule has 0 amide bonds. The summed E-state index contributed by atoms with van der Waals surface area (Å²) < 4.78 is 7.93. The van der Waals surface area contributed by atoms with Crippen LogP contribution < -0.4 is 10.6 Å². The fraction of sp³-hybridized carbons (Fsp3) is 0.350. The Labute approximate surface area is 181 Å². The Morgan fingerprint density at radius 3 is 2.79 bits per heavy atom. The molecule has 3 aromatic rings. The number of aromatic nitrogens is 3. The molecule has 3 heterocycles. The van der Waals surface area contributed by atoms with Gasteiger partial charge in [0.05, 0.1) is 12.6 Å². The van der Waals surface area contributed by atoms with Crippen molar-refractivity contribution in [1.82, 2.24) is 25.2 Å². The molecule has 0 aliphatic carbocycles. The Hall–Kier alpha value is -2.20. The van der Waals surface area contributed by atoms with Gasteiger partial charge in [0.2, 0.25) is 0 Å². The Kier molecular flexibility index (Phi) is 7.21. The van der Waals surface area contributed by atoms with Crippen molar-refractivity contribution in [3.05, 3.63) is 66.1 Å². The Balaban J connectivity index is 0.00000225. The van der Waals surface area contributed by atoms with Gasteiger partial charge in [-0.3, -0.25) is 9.39 Å². The van der Waals surface area contributed by atoms with Crippen LogP contribution in [-0.2, 0) is 11.3 Å². The van der Waals surface area contributed by atoms with E-state index >= 15 is 0 Å². The smallest absolute Gasteiger partial charge is 0.191 e. The largest absolute Gasteiger partial charge is 0.373 e. The van der Waals surface area contributed by atoms with Crippen molar-refractivity contribution in [2.24, 2.45) is 10.9 Å². The number of pyridine rings is 1. The van der Waals surface area contributed by atoms with Gasteiger partial charge in [-0.15, -0.1) is 34.2 Å². The number of benzene rings is 1. The first kappa shape index (κ1) is 20.5. The van der Waals surface area contributed by atoms with Crippen LogP contribution in [0.25, 0.3) is 5.65 Å². The summed E-state index contributed by atoms with van der Waals surface area (Å²) in [5.74, 6) is 2.01. The third-order valence-corrected chi connectivity index (χ3v) is 4.90. The van der Waals surface area contributed by atoms with Gasteiger partial charge >= 0.3 is 0 Å². The zero-order valence-electron chi connectivity index (χ0n) is 15.8. The van der Waals surface area contributed by atoms with Gasteiger partial charge in [0.25, 0.3) is 0 Å². The van der Waals surface area contributed by atoms with E-state index in [1.54, 1.807) is 7.05 Å². The third-order valence-electron chi connectivity index (χ3n) is 4.90. The summed E-state index contributed by atoms with van der Waals surface area (Å²) in [6.07, 6.45) is 3.14.